The zero-order valence-corrected chi connectivity index (χ0v) is 17.9. The number of sulfone groups is 1. The third-order valence-corrected chi connectivity index (χ3v) is 6.00. The minimum absolute atomic E-state index is 0.0668. The average molecular weight is 436 g/mol. The first-order valence-electron chi connectivity index (χ1n) is 9.37. The molecule has 2 amide bonds. The number of ether oxygens (including phenoxy) is 1. The lowest BCUT2D eigenvalue weighted by Gasteiger charge is -2.32. The highest BCUT2D eigenvalue weighted by Gasteiger charge is 2.29. The number of hydrogen-bond acceptors (Lipinski definition) is 8. The van der Waals surface area contributed by atoms with Crippen molar-refractivity contribution < 1.29 is 22.7 Å². The van der Waals surface area contributed by atoms with Gasteiger partial charge in [0.25, 0.3) is 0 Å². The summed E-state index contributed by atoms with van der Waals surface area (Å²) in [5, 5.41) is 11.4. The maximum Gasteiger partial charge on any atom is 0.319 e. The van der Waals surface area contributed by atoms with Crippen LogP contribution >= 0.6 is 0 Å². The number of carbonyl (C=O) groups is 2. The maximum atomic E-state index is 12.4. The van der Waals surface area contributed by atoms with Crippen molar-refractivity contribution in [2.75, 3.05) is 33.4 Å². The number of piperidine rings is 1. The van der Waals surface area contributed by atoms with Crippen molar-refractivity contribution in [2.24, 2.45) is 5.92 Å². The van der Waals surface area contributed by atoms with Gasteiger partial charge >= 0.3 is 12.0 Å². The van der Waals surface area contributed by atoms with Crippen molar-refractivity contribution in [3.8, 4) is 5.69 Å². The Balaban J connectivity index is 1.58. The first kappa shape index (κ1) is 21.7. The summed E-state index contributed by atoms with van der Waals surface area (Å²) in [5.74, 6) is -0.320. The summed E-state index contributed by atoms with van der Waals surface area (Å²) in [6, 6.07) is 6.02. The molecule has 11 nitrogen and oxygen atoms in total. The number of benzene rings is 1. The van der Waals surface area contributed by atoms with E-state index in [1.54, 1.807) is 31.1 Å². The van der Waals surface area contributed by atoms with Crippen molar-refractivity contribution in [1.82, 2.24) is 30.0 Å². The van der Waals surface area contributed by atoms with Crippen LogP contribution in [0, 0.1) is 5.92 Å². The molecule has 1 aromatic heterocycles. The highest BCUT2D eigenvalue weighted by molar-refractivity contribution is 7.90. The van der Waals surface area contributed by atoms with E-state index in [1.807, 2.05) is 0 Å². The van der Waals surface area contributed by atoms with E-state index in [-0.39, 0.29) is 29.4 Å². The Morgan fingerprint density at radius 2 is 1.80 bits per heavy atom. The molecule has 1 saturated heterocycles. The molecule has 12 heteroatoms. The second-order valence-electron chi connectivity index (χ2n) is 7.32. The number of amides is 2. The molecule has 1 fully saturated rings. The van der Waals surface area contributed by atoms with Crippen LogP contribution in [0.15, 0.2) is 29.2 Å². The summed E-state index contributed by atoms with van der Waals surface area (Å²) in [6.07, 6.45) is 2.21. The number of carbonyl (C=O) groups excluding carboxylic acids is 2. The Kier molecular flexibility index (Phi) is 6.34. The lowest BCUT2D eigenvalue weighted by Crippen LogP contribution is -2.45. The fraction of sp³-hybridized carbons (Fsp3) is 0.500. The molecular weight excluding hydrogens is 412 g/mol. The first-order chi connectivity index (χ1) is 14.2. The summed E-state index contributed by atoms with van der Waals surface area (Å²) in [4.78, 5) is 27.8. The lowest BCUT2D eigenvalue weighted by molar-refractivity contribution is -0.151. The van der Waals surface area contributed by atoms with Crippen molar-refractivity contribution in [1.29, 1.82) is 0 Å². The number of rotatable bonds is 5. The van der Waals surface area contributed by atoms with Gasteiger partial charge in [0.1, 0.15) is 0 Å². The molecule has 30 heavy (non-hydrogen) atoms. The van der Waals surface area contributed by atoms with Crippen LogP contribution in [0.1, 0.15) is 18.7 Å². The average Bonchev–Trinajstić information content (AvgIpc) is 3.19. The van der Waals surface area contributed by atoms with E-state index in [1.165, 1.54) is 21.7 Å². The Bertz CT molecular complexity index is 1010. The SMILES string of the molecule is CN(C)C(=O)N1CCC(C(=O)OCc2nnnn2-c2ccc(S(C)(=O)=O)cc2)CC1. The molecule has 162 valence electrons. The van der Waals surface area contributed by atoms with Crippen molar-refractivity contribution in [3.63, 3.8) is 0 Å². The summed E-state index contributed by atoms with van der Waals surface area (Å²) in [6.45, 7) is 0.888. The summed E-state index contributed by atoms with van der Waals surface area (Å²) < 4.78 is 30.0. The van der Waals surface area contributed by atoms with Gasteiger partial charge in [-0.05, 0) is 47.5 Å². The van der Waals surface area contributed by atoms with E-state index in [2.05, 4.69) is 15.5 Å². The predicted octanol–water partition coefficient (Wildman–Crippen LogP) is 0.503. The molecule has 2 aromatic rings. The third kappa shape index (κ3) is 4.93. The van der Waals surface area contributed by atoms with Crippen LogP contribution in [0.2, 0.25) is 0 Å². The number of aromatic nitrogens is 4. The van der Waals surface area contributed by atoms with Gasteiger partial charge < -0.3 is 14.5 Å². The van der Waals surface area contributed by atoms with Gasteiger partial charge in [0, 0.05) is 33.4 Å². The highest BCUT2D eigenvalue weighted by atomic mass is 32.2. The molecule has 0 spiro atoms. The summed E-state index contributed by atoms with van der Waals surface area (Å²) >= 11 is 0. The summed E-state index contributed by atoms with van der Waals surface area (Å²) in [5.41, 5.74) is 0.550. The molecule has 0 bridgehead atoms. The number of tetrazole rings is 1. The monoisotopic (exact) mass is 436 g/mol. The fourth-order valence-electron chi connectivity index (χ4n) is 3.17. The molecule has 0 aliphatic carbocycles. The number of urea groups is 1. The summed E-state index contributed by atoms with van der Waals surface area (Å²) in [7, 11) is 0.0879. The Labute approximate surface area is 174 Å². The van der Waals surface area contributed by atoms with Crippen LogP contribution in [-0.2, 0) is 26.0 Å². The van der Waals surface area contributed by atoms with Crippen LogP contribution in [0.5, 0.6) is 0 Å². The molecule has 1 aliphatic heterocycles. The molecule has 0 radical (unpaired) electrons. The lowest BCUT2D eigenvalue weighted by atomic mass is 9.97. The van der Waals surface area contributed by atoms with Crippen molar-refractivity contribution in [2.45, 2.75) is 24.3 Å². The molecule has 0 unspecified atom stereocenters. The molecule has 2 heterocycles. The van der Waals surface area contributed by atoms with Gasteiger partial charge in [0.15, 0.2) is 22.3 Å². The number of hydrogen-bond donors (Lipinski definition) is 0. The van der Waals surface area contributed by atoms with Gasteiger partial charge in [0.05, 0.1) is 16.5 Å². The standard InChI is InChI=1S/C18H24N6O5S/c1-22(2)18(26)23-10-8-13(9-11-23)17(25)29-12-16-19-20-21-24(16)14-4-6-15(7-5-14)30(3,27)28/h4-7,13H,8-12H2,1-3H3. The smallest absolute Gasteiger partial charge is 0.319 e. The van der Waals surface area contributed by atoms with Gasteiger partial charge in [-0.15, -0.1) is 5.10 Å². The van der Waals surface area contributed by atoms with Crippen LogP contribution < -0.4 is 0 Å². The second-order valence-corrected chi connectivity index (χ2v) is 9.33. The van der Waals surface area contributed by atoms with Gasteiger partial charge in [-0.25, -0.2) is 13.2 Å². The van der Waals surface area contributed by atoms with E-state index in [0.29, 0.717) is 37.4 Å². The quantitative estimate of drug-likeness (QED) is 0.620. The Morgan fingerprint density at radius 1 is 1.17 bits per heavy atom. The first-order valence-corrected chi connectivity index (χ1v) is 11.3. The minimum Gasteiger partial charge on any atom is -0.457 e. The molecule has 3 rings (SSSR count). The third-order valence-electron chi connectivity index (χ3n) is 4.87. The van der Waals surface area contributed by atoms with E-state index in [4.69, 9.17) is 4.74 Å². The van der Waals surface area contributed by atoms with Gasteiger partial charge in [-0.2, -0.15) is 4.68 Å². The predicted molar refractivity (Wildman–Crippen MR) is 105 cm³/mol. The maximum absolute atomic E-state index is 12.4. The molecule has 1 aliphatic rings. The van der Waals surface area contributed by atoms with Crippen molar-refractivity contribution in [3.05, 3.63) is 30.1 Å². The highest BCUT2D eigenvalue weighted by Crippen LogP contribution is 2.20. The molecule has 0 N–H and O–H groups in total. The van der Waals surface area contributed by atoms with Gasteiger partial charge in [-0.1, -0.05) is 0 Å². The molecular formula is C18H24N6O5S. The van der Waals surface area contributed by atoms with E-state index in [9.17, 15) is 18.0 Å². The Morgan fingerprint density at radius 3 is 2.37 bits per heavy atom. The molecule has 1 aromatic carbocycles. The van der Waals surface area contributed by atoms with E-state index in [0.717, 1.165) is 6.26 Å². The van der Waals surface area contributed by atoms with E-state index >= 15 is 0 Å². The Hall–Kier alpha value is -3.02. The number of esters is 1. The normalized spacial score (nSPS) is 15.1. The topological polar surface area (TPSA) is 128 Å². The zero-order chi connectivity index (χ0) is 21.9. The van der Waals surface area contributed by atoms with E-state index < -0.39 is 9.84 Å². The van der Waals surface area contributed by atoms with Crippen LogP contribution in [0.4, 0.5) is 4.79 Å². The minimum atomic E-state index is -3.30. The van der Waals surface area contributed by atoms with Gasteiger partial charge in [0.2, 0.25) is 0 Å². The van der Waals surface area contributed by atoms with Crippen molar-refractivity contribution >= 4 is 21.8 Å². The van der Waals surface area contributed by atoms with Crippen LogP contribution in [0.25, 0.3) is 5.69 Å². The zero-order valence-electron chi connectivity index (χ0n) is 17.1. The number of likely N-dealkylation sites (tertiary alicyclic amines) is 1. The molecule has 0 atom stereocenters. The largest absolute Gasteiger partial charge is 0.457 e. The molecule has 0 saturated carbocycles. The van der Waals surface area contributed by atoms with Crippen LogP contribution in [-0.4, -0.2) is 83.9 Å². The fourth-order valence-corrected chi connectivity index (χ4v) is 3.80. The van der Waals surface area contributed by atoms with Gasteiger partial charge in [-0.3, -0.25) is 4.79 Å². The number of nitrogens with zero attached hydrogens (tertiary/aromatic N) is 6. The van der Waals surface area contributed by atoms with Crippen LogP contribution in [0.3, 0.4) is 0 Å². The second kappa shape index (κ2) is 8.78.